The van der Waals surface area contributed by atoms with Gasteiger partial charge in [0.2, 0.25) is 0 Å². The molecule has 0 aromatic carbocycles. The van der Waals surface area contributed by atoms with Gasteiger partial charge < -0.3 is 89.0 Å². The zero-order valence-electron chi connectivity index (χ0n) is 37.0. The molecular weight excluding hydrogens is 828 g/mol. The lowest BCUT2D eigenvalue weighted by Gasteiger charge is -2.61. The van der Waals surface area contributed by atoms with Crippen molar-refractivity contribution in [2.24, 2.45) is 52.3 Å². The van der Waals surface area contributed by atoms with Gasteiger partial charge in [-0.3, -0.25) is 0 Å². The van der Waals surface area contributed by atoms with Crippen LogP contribution in [0.15, 0.2) is 0 Å². The molecule has 0 aromatic heterocycles. The number of hydrogen-bond acceptors (Lipinski definition) is 18. The highest BCUT2D eigenvalue weighted by Crippen LogP contribution is 2.71. The van der Waals surface area contributed by atoms with Crippen LogP contribution >= 0.6 is 0 Å². The van der Waals surface area contributed by atoms with Crippen LogP contribution in [0.4, 0.5) is 0 Å². The van der Waals surface area contributed by atoms with Crippen molar-refractivity contribution in [3.05, 3.63) is 0 Å². The highest BCUT2D eigenvalue weighted by Gasteiger charge is 2.69. The monoisotopic (exact) mass is 902 g/mol. The van der Waals surface area contributed by atoms with Gasteiger partial charge in [-0.05, 0) is 104 Å². The molecule has 5 heterocycles. The zero-order chi connectivity index (χ0) is 44.9. The van der Waals surface area contributed by atoms with Crippen LogP contribution < -0.4 is 0 Å². The van der Waals surface area contributed by atoms with Gasteiger partial charge in [-0.1, -0.05) is 27.7 Å². The predicted octanol–water partition coefficient (Wildman–Crippen LogP) is -0.734. The molecular formula is C45H74O18. The van der Waals surface area contributed by atoms with E-state index in [1.54, 1.807) is 0 Å². The molecule has 9 aliphatic rings. The third-order valence-electron chi connectivity index (χ3n) is 18.3. The van der Waals surface area contributed by atoms with Crippen molar-refractivity contribution >= 4 is 0 Å². The normalized spacial score (nSPS) is 58.2. The Morgan fingerprint density at radius 1 is 0.556 bits per heavy atom. The molecule has 1 spiro atoms. The maximum Gasteiger partial charge on any atom is 0.187 e. The molecule has 10 N–H and O–H groups in total. The Kier molecular flexibility index (Phi) is 13.5. The van der Waals surface area contributed by atoms with Crippen LogP contribution in [0, 0.1) is 52.3 Å². The third-order valence-corrected chi connectivity index (χ3v) is 18.3. The van der Waals surface area contributed by atoms with E-state index in [0.29, 0.717) is 41.4 Å². The molecule has 0 amide bonds. The minimum absolute atomic E-state index is 0.134. The largest absolute Gasteiger partial charge is 0.394 e. The fraction of sp³-hybridized carbons (Fsp3) is 1.00. The molecule has 5 saturated heterocycles. The number of rotatable bonds is 9. The first-order valence-electron chi connectivity index (χ1n) is 23.8. The number of hydrogen-bond donors (Lipinski definition) is 10. The summed E-state index contributed by atoms with van der Waals surface area (Å²) in [6.45, 7) is 8.23. The molecule has 1 unspecified atom stereocenters. The number of aliphatic hydroxyl groups excluding tert-OH is 10. The van der Waals surface area contributed by atoms with Crippen LogP contribution in [0.3, 0.4) is 0 Å². The fourth-order valence-electron chi connectivity index (χ4n) is 14.7. The molecule has 27 atom stereocenters. The summed E-state index contributed by atoms with van der Waals surface area (Å²) in [5.74, 6) is 3.29. The molecule has 18 heteroatoms. The van der Waals surface area contributed by atoms with E-state index in [4.69, 9.17) is 37.9 Å². The lowest BCUT2D eigenvalue weighted by molar-refractivity contribution is -0.390. The molecule has 63 heavy (non-hydrogen) atoms. The zero-order valence-corrected chi connectivity index (χ0v) is 37.0. The van der Waals surface area contributed by atoms with E-state index in [9.17, 15) is 51.1 Å². The van der Waals surface area contributed by atoms with Crippen molar-refractivity contribution in [3.8, 4) is 0 Å². The summed E-state index contributed by atoms with van der Waals surface area (Å²) in [6.07, 6.45) is -14.2. The minimum atomic E-state index is -1.89. The first-order valence-corrected chi connectivity index (χ1v) is 23.8. The van der Waals surface area contributed by atoms with Gasteiger partial charge in [-0.15, -0.1) is 0 Å². The van der Waals surface area contributed by atoms with Crippen LogP contribution in [0.2, 0.25) is 0 Å². The molecule has 0 radical (unpaired) electrons. The summed E-state index contributed by atoms with van der Waals surface area (Å²) in [7, 11) is 0. The first kappa shape index (κ1) is 47.4. The Balaban J connectivity index is 0.833. The summed E-state index contributed by atoms with van der Waals surface area (Å²) in [5.41, 5.74) is 0.364. The highest BCUT2D eigenvalue weighted by atomic mass is 16.8. The molecule has 9 fully saturated rings. The molecule has 18 nitrogen and oxygen atoms in total. The average molecular weight is 903 g/mol. The van der Waals surface area contributed by atoms with Crippen molar-refractivity contribution in [3.63, 3.8) is 0 Å². The van der Waals surface area contributed by atoms with Crippen LogP contribution in [-0.2, 0) is 37.9 Å². The summed E-state index contributed by atoms with van der Waals surface area (Å²) < 4.78 is 49.0. The topological polar surface area (TPSA) is 276 Å². The minimum Gasteiger partial charge on any atom is -0.394 e. The Morgan fingerprint density at radius 2 is 1.16 bits per heavy atom. The number of ether oxygens (including phenoxy) is 8. The van der Waals surface area contributed by atoms with Crippen molar-refractivity contribution in [2.75, 3.05) is 26.4 Å². The molecule has 4 saturated carbocycles. The number of fused-ring (bicyclic) bond motifs is 7. The molecule has 9 rings (SSSR count). The smallest absolute Gasteiger partial charge is 0.187 e. The average Bonchev–Trinajstić information content (AvgIpc) is 3.72. The lowest BCUT2D eigenvalue weighted by Crippen LogP contribution is -2.67. The van der Waals surface area contributed by atoms with Gasteiger partial charge in [0.1, 0.15) is 73.2 Å². The lowest BCUT2D eigenvalue weighted by atomic mass is 9.44. The summed E-state index contributed by atoms with van der Waals surface area (Å²) in [5, 5.41) is 106. The van der Waals surface area contributed by atoms with Gasteiger partial charge >= 0.3 is 0 Å². The Labute approximate surface area is 369 Å². The maximum atomic E-state index is 11.5. The van der Waals surface area contributed by atoms with E-state index in [-0.39, 0.29) is 23.0 Å². The van der Waals surface area contributed by atoms with Crippen molar-refractivity contribution < 1.29 is 89.0 Å². The molecule has 5 aliphatic heterocycles. The van der Waals surface area contributed by atoms with Crippen molar-refractivity contribution in [2.45, 2.75) is 202 Å². The highest BCUT2D eigenvalue weighted by molar-refractivity contribution is 5.15. The van der Waals surface area contributed by atoms with E-state index in [1.165, 1.54) is 12.8 Å². The Bertz CT molecular complexity index is 1570. The summed E-state index contributed by atoms with van der Waals surface area (Å²) in [6, 6.07) is 0. The third kappa shape index (κ3) is 7.88. The maximum absolute atomic E-state index is 11.5. The van der Waals surface area contributed by atoms with Crippen molar-refractivity contribution in [1.29, 1.82) is 0 Å². The second-order valence-electron chi connectivity index (χ2n) is 21.5. The van der Waals surface area contributed by atoms with Gasteiger partial charge in [-0.2, -0.15) is 0 Å². The van der Waals surface area contributed by atoms with E-state index < -0.39 is 118 Å². The van der Waals surface area contributed by atoms with E-state index >= 15 is 0 Å². The molecule has 0 bridgehead atoms. The first-order chi connectivity index (χ1) is 30.0. The molecule has 4 aliphatic carbocycles. The van der Waals surface area contributed by atoms with Gasteiger partial charge in [0, 0.05) is 12.3 Å². The summed E-state index contributed by atoms with van der Waals surface area (Å²) >= 11 is 0. The van der Waals surface area contributed by atoms with E-state index in [2.05, 4.69) is 27.7 Å². The Hall–Kier alpha value is -0.720. The second-order valence-corrected chi connectivity index (χ2v) is 21.5. The molecule has 362 valence electrons. The number of aliphatic hydroxyl groups is 10. The predicted molar refractivity (Wildman–Crippen MR) is 216 cm³/mol. The van der Waals surface area contributed by atoms with Crippen LogP contribution in [0.5, 0.6) is 0 Å². The second kappa shape index (κ2) is 18.0. The van der Waals surface area contributed by atoms with Crippen molar-refractivity contribution in [1.82, 2.24) is 0 Å². The Morgan fingerprint density at radius 3 is 1.84 bits per heavy atom. The van der Waals surface area contributed by atoms with Gasteiger partial charge in [0.25, 0.3) is 0 Å². The van der Waals surface area contributed by atoms with Crippen LogP contribution in [0.1, 0.15) is 91.9 Å². The molecule has 0 aromatic rings. The standard InChI is InChI=1S/C45H74O18/c1-19-7-12-45(56-18-19)20(2)30-26(63-45)14-25-23-6-5-21-13-22(8-10-43(21,3)24(23)9-11-44(25,30)4)57-40-37(55)35(53)38(29(17-48)60-40)61-42-39(34(52)32(50)28(16-47)59-42)62-41-36(54)33(51)31(49)27(15-46)58-41/h19-42,46-55H,5-18H2,1-4H3/t19?,20-,21+,22-,23+,24-,25-,26-,27+,28+,29+,30-,31+,32+,33-,34-,35+,36+,37+,38-,39+,40+,41-,42-,43-,44-,45+/m0/s1. The van der Waals surface area contributed by atoms with Crippen LogP contribution in [-0.4, -0.2) is 188 Å². The summed E-state index contributed by atoms with van der Waals surface area (Å²) in [4.78, 5) is 0. The van der Waals surface area contributed by atoms with Gasteiger partial charge in [0.05, 0.1) is 38.6 Å². The van der Waals surface area contributed by atoms with E-state index in [0.717, 1.165) is 58.0 Å². The van der Waals surface area contributed by atoms with E-state index in [1.807, 2.05) is 0 Å². The SMILES string of the molecule is CC1CC[C@@]2(OC1)O[C@H]1C[C@H]3[C@@H]4CC[C@@H]5C[C@@H](O[C@@H]6O[C@H](CO)[C@H](O[C@@H]7O[C@H](CO)[C@@H](O)[C@H](O)[C@H]7O[C@@H]7O[C@H](CO)[C@@H](O)[C@H](O)[C@H]7O)[C@H](O)[C@H]6O)CC[C@]5(C)[C@H]4CC[C@]3(C)[C@H]1[C@@H]2C. The van der Waals surface area contributed by atoms with Gasteiger partial charge in [0.15, 0.2) is 24.7 Å². The van der Waals surface area contributed by atoms with Crippen LogP contribution in [0.25, 0.3) is 0 Å². The van der Waals surface area contributed by atoms with Gasteiger partial charge in [-0.25, -0.2) is 0 Å². The quantitative estimate of drug-likeness (QED) is 0.128. The fourth-order valence-corrected chi connectivity index (χ4v) is 14.7.